The second-order valence-corrected chi connectivity index (χ2v) is 4.86. The van der Waals surface area contributed by atoms with Gasteiger partial charge in [0.2, 0.25) is 12.3 Å². The molecule has 23 heavy (non-hydrogen) atoms. The van der Waals surface area contributed by atoms with Gasteiger partial charge in [-0.3, -0.25) is 19.7 Å². The lowest BCUT2D eigenvalue weighted by molar-refractivity contribution is -0.141. The highest BCUT2D eigenvalue weighted by molar-refractivity contribution is 5.94. The van der Waals surface area contributed by atoms with Crippen LogP contribution in [0.5, 0.6) is 0 Å². The lowest BCUT2D eigenvalue weighted by Gasteiger charge is -2.27. The summed E-state index contributed by atoms with van der Waals surface area (Å²) in [5.74, 6) is -1.68. The Morgan fingerprint density at radius 2 is 2.17 bits per heavy atom. The number of nitrogens with one attached hydrogen (secondary N) is 1. The maximum atomic E-state index is 11.2. The van der Waals surface area contributed by atoms with Crippen LogP contribution in [0.4, 0.5) is 0 Å². The van der Waals surface area contributed by atoms with Gasteiger partial charge in [-0.05, 0) is 6.92 Å². The molecule has 1 fully saturated rings. The third kappa shape index (κ3) is 4.73. The molecule has 0 aromatic heterocycles. The SMILES string of the molecule is CCOC1C(O)C(C(O)C(N)=O)OC1N(C)/C=C\C(=O)NC=O. The van der Waals surface area contributed by atoms with E-state index in [4.69, 9.17) is 15.2 Å². The first-order valence-electron chi connectivity index (χ1n) is 6.90. The molecular weight excluding hydrogens is 310 g/mol. The Balaban J connectivity index is 2.87. The fourth-order valence-corrected chi connectivity index (χ4v) is 2.18. The van der Waals surface area contributed by atoms with Crippen LogP contribution in [0, 0.1) is 0 Å². The molecule has 1 aliphatic rings. The molecule has 10 nitrogen and oxygen atoms in total. The Bertz CT molecular complexity index is 470. The summed E-state index contributed by atoms with van der Waals surface area (Å²) in [7, 11) is 1.53. The van der Waals surface area contributed by atoms with E-state index in [0.717, 1.165) is 6.08 Å². The zero-order chi connectivity index (χ0) is 17.6. The molecule has 3 amide bonds. The first-order valence-corrected chi connectivity index (χ1v) is 6.90. The summed E-state index contributed by atoms with van der Waals surface area (Å²) in [5.41, 5.74) is 5.02. The minimum Gasteiger partial charge on any atom is -0.387 e. The van der Waals surface area contributed by atoms with Crippen LogP contribution in [0.2, 0.25) is 0 Å². The summed E-state index contributed by atoms with van der Waals surface area (Å²) in [6.45, 7) is 1.96. The molecule has 130 valence electrons. The molecule has 0 aromatic rings. The fraction of sp³-hybridized carbons (Fsp3) is 0.615. The van der Waals surface area contributed by atoms with Crippen LogP contribution < -0.4 is 11.1 Å². The predicted octanol–water partition coefficient (Wildman–Crippen LogP) is -2.96. The van der Waals surface area contributed by atoms with Gasteiger partial charge >= 0.3 is 0 Å². The number of nitrogens with zero attached hydrogens (tertiary/aromatic N) is 1. The number of nitrogens with two attached hydrogens (primary N) is 1. The number of aliphatic hydroxyl groups is 2. The molecule has 0 saturated carbocycles. The second-order valence-electron chi connectivity index (χ2n) is 4.86. The standard InChI is InChI=1S/C13H21N3O7/c1-3-22-11-8(19)10(9(20)12(14)21)23-13(11)16(2)5-4-7(18)15-6-17/h4-6,8-11,13,19-20H,3H2,1-2H3,(H2,14,21)(H,15,17,18)/b5-4-. The normalized spacial score (nSPS) is 28.5. The van der Waals surface area contributed by atoms with Crippen LogP contribution in [0.25, 0.3) is 0 Å². The van der Waals surface area contributed by atoms with Crippen molar-refractivity contribution in [1.29, 1.82) is 0 Å². The Hall–Kier alpha value is -2.01. The summed E-state index contributed by atoms with van der Waals surface area (Å²) in [6.07, 6.45) is -3.37. The Kier molecular flexibility index (Phi) is 7.10. The number of ether oxygens (including phenoxy) is 2. The maximum Gasteiger partial charge on any atom is 0.251 e. The topological polar surface area (TPSA) is 151 Å². The molecular formula is C13H21N3O7. The number of likely N-dealkylation sites (N-methyl/N-ethyl adjacent to an activating group) is 1. The smallest absolute Gasteiger partial charge is 0.251 e. The van der Waals surface area contributed by atoms with E-state index in [1.807, 2.05) is 5.32 Å². The Labute approximate surface area is 132 Å². The third-order valence-corrected chi connectivity index (χ3v) is 3.28. The van der Waals surface area contributed by atoms with Gasteiger partial charge in [0.25, 0.3) is 5.91 Å². The van der Waals surface area contributed by atoms with Crippen molar-refractivity contribution in [2.75, 3.05) is 13.7 Å². The predicted molar refractivity (Wildman–Crippen MR) is 76.4 cm³/mol. The van der Waals surface area contributed by atoms with Crippen molar-refractivity contribution >= 4 is 18.2 Å². The Morgan fingerprint density at radius 3 is 2.70 bits per heavy atom. The number of rotatable bonds is 8. The van der Waals surface area contributed by atoms with Crippen molar-refractivity contribution in [2.45, 2.75) is 37.6 Å². The van der Waals surface area contributed by atoms with E-state index < -0.39 is 42.5 Å². The van der Waals surface area contributed by atoms with Crippen molar-refractivity contribution in [3.63, 3.8) is 0 Å². The van der Waals surface area contributed by atoms with Gasteiger partial charge < -0.3 is 30.3 Å². The first kappa shape index (κ1) is 19.0. The molecule has 0 bridgehead atoms. The highest BCUT2D eigenvalue weighted by Crippen LogP contribution is 2.28. The summed E-state index contributed by atoms with van der Waals surface area (Å²) in [4.78, 5) is 33.9. The van der Waals surface area contributed by atoms with Gasteiger partial charge in [-0.2, -0.15) is 0 Å². The van der Waals surface area contributed by atoms with Gasteiger partial charge in [0.05, 0.1) is 0 Å². The van der Waals surface area contributed by atoms with E-state index in [1.54, 1.807) is 6.92 Å². The Morgan fingerprint density at radius 1 is 1.52 bits per heavy atom. The number of carbonyl (C=O) groups excluding carboxylic acids is 3. The van der Waals surface area contributed by atoms with E-state index >= 15 is 0 Å². The van der Waals surface area contributed by atoms with Crippen LogP contribution in [-0.2, 0) is 23.9 Å². The van der Waals surface area contributed by atoms with Crippen molar-refractivity contribution in [1.82, 2.24) is 10.2 Å². The van der Waals surface area contributed by atoms with Crippen molar-refractivity contribution < 1.29 is 34.1 Å². The van der Waals surface area contributed by atoms with Crippen LogP contribution in [0.15, 0.2) is 12.3 Å². The van der Waals surface area contributed by atoms with E-state index in [1.165, 1.54) is 18.1 Å². The molecule has 1 rings (SSSR count). The minimum atomic E-state index is -1.70. The van der Waals surface area contributed by atoms with Crippen LogP contribution in [0.1, 0.15) is 6.92 Å². The highest BCUT2D eigenvalue weighted by Gasteiger charge is 2.49. The number of carbonyl (C=O) groups is 3. The molecule has 0 spiro atoms. The third-order valence-electron chi connectivity index (χ3n) is 3.28. The molecule has 5 atom stereocenters. The van der Waals surface area contributed by atoms with Crippen LogP contribution in [-0.4, -0.2) is 77.6 Å². The number of hydrogen-bond donors (Lipinski definition) is 4. The van der Waals surface area contributed by atoms with Gasteiger partial charge in [0, 0.05) is 25.9 Å². The molecule has 1 heterocycles. The zero-order valence-corrected chi connectivity index (χ0v) is 12.8. The fourth-order valence-electron chi connectivity index (χ4n) is 2.18. The van der Waals surface area contributed by atoms with Crippen molar-refractivity contribution in [3.8, 4) is 0 Å². The van der Waals surface area contributed by atoms with Gasteiger partial charge in [0.15, 0.2) is 12.3 Å². The monoisotopic (exact) mass is 331 g/mol. The van der Waals surface area contributed by atoms with Crippen LogP contribution in [0.3, 0.4) is 0 Å². The average Bonchev–Trinajstić information content (AvgIpc) is 2.82. The number of hydrogen-bond acceptors (Lipinski definition) is 8. The minimum absolute atomic E-state index is 0.241. The van der Waals surface area contributed by atoms with Gasteiger partial charge in [-0.15, -0.1) is 0 Å². The molecule has 0 aromatic carbocycles. The number of primary amides is 1. The highest BCUT2D eigenvalue weighted by atomic mass is 16.6. The number of aliphatic hydroxyl groups excluding tert-OH is 2. The van der Waals surface area contributed by atoms with Gasteiger partial charge in [-0.1, -0.05) is 0 Å². The molecule has 1 aliphatic heterocycles. The number of imide groups is 1. The summed E-state index contributed by atoms with van der Waals surface area (Å²) < 4.78 is 10.9. The maximum absolute atomic E-state index is 11.2. The van der Waals surface area contributed by atoms with Gasteiger partial charge in [0.1, 0.15) is 18.3 Å². The largest absolute Gasteiger partial charge is 0.387 e. The summed E-state index contributed by atoms with van der Waals surface area (Å²) in [5, 5.41) is 21.8. The molecule has 1 saturated heterocycles. The summed E-state index contributed by atoms with van der Waals surface area (Å²) >= 11 is 0. The quantitative estimate of drug-likeness (QED) is 0.272. The second kappa shape index (κ2) is 8.58. The molecule has 0 radical (unpaired) electrons. The van der Waals surface area contributed by atoms with Crippen molar-refractivity contribution in [2.24, 2.45) is 5.73 Å². The van der Waals surface area contributed by atoms with Gasteiger partial charge in [-0.25, -0.2) is 0 Å². The lowest BCUT2D eigenvalue weighted by Crippen LogP contribution is -2.46. The average molecular weight is 331 g/mol. The lowest BCUT2D eigenvalue weighted by atomic mass is 10.0. The molecule has 5 unspecified atom stereocenters. The zero-order valence-electron chi connectivity index (χ0n) is 12.8. The van der Waals surface area contributed by atoms with E-state index in [2.05, 4.69) is 0 Å². The van der Waals surface area contributed by atoms with E-state index in [9.17, 15) is 24.6 Å². The van der Waals surface area contributed by atoms with E-state index in [-0.39, 0.29) is 13.0 Å². The molecule has 0 aliphatic carbocycles. The summed E-state index contributed by atoms with van der Waals surface area (Å²) in [6, 6.07) is 0. The molecule has 5 N–H and O–H groups in total. The van der Waals surface area contributed by atoms with Crippen LogP contribution >= 0.6 is 0 Å². The molecule has 10 heteroatoms. The van der Waals surface area contributed by atoms with Crippen molar-refractivity contribution in [3.05, 3.63) is 12.3 Å². The van der Waals surface area contributed by atoms with E-state index in [0.29, 0.717) is 0 Å². The first-order chi connectivity index (χ1) is 10.8. The number of amides is 3.